The number of halogens is 1. The molecule has 0 radical (unpaired) electrons. The van der Waals surface area contributed by atoms with E-state index in [9.17, 15) is 17.6 Å². The molecular formula is C12H15FN2O4S. The lowest BCUT2D eigenvalue weighted by Gasteiger charge is -2.23. The van der Waals surface area contributed by atoms with Crippen LogP contribution in [0.2, 0.25) is 0 Å². The molecule has 6 nitrogen and oxygen atoms in total. The molecule has 0 aromatic heterocycles. The van der Waals surface area contributed by atoms with Crippen LogP contribution in [0.1, 0.15) is 23.2 Å². The van der Waals surface area contributed by atoms with E-state index >= 15 is 0 Å². The number of carboxylic acids is 1. The van der Waals surface area contributed by atoms with E-state index in [1.807, 2.05) is 0 Å². The number of hydrogen-bond acceptors (Lipinski definition) is 4. The van der Waals surface area contributed by atoms with E-state index in [0.717, 1.165) is 18.2 Å². The summed E-state index contributed by atoms with van der Waals surface area (Å²) in [6, 6.07) is 2.44. The average Bonchev–Trinajstić information content (AvgIpc) is 2.39. The quantitative estimate of drug-likeness (QED) is 0.755. The number of hydrogen-bond donors (Lipinski definition) is 3. The van der Waals surface area contributed by atoms with Crippen molar-refractivity contribution in [3.05, 3.63) is 29.6 Å². The SMILES string of the molecule is O=C(O)c1ccc(F)c(S(=O)(=O)NC2CCNCC2)c1. The molecular weight excluding hydrogens is 287 g/mol. The average molecular weight is 302 g/mol. The first-order chi connectivity index (χ1) is 9.40. The summed E-state index contributed by atoms with van der Waals surface area (Å²) < 4.78 is 40.3. The van der Waals surface area contributed by atoms with E-state index in [1.165, 1.54) is 0 Å². The van der Waals surface area contributed by atoms with E-state index < -0.39 is 26.7 Å². The first-order valence-electron chi connectivity index (χ1n) is 6.16. The number of carbonyl (C=O) groups is 1. The van der Waals surface area contributed by atoms with Gasteiger partial charge in [-0.05, 0) is 44.1 Å². The highest BCUT2D eigenvalue weighted by Crippen LogP contribution is 2.18. The van der Waals surface area contributed by atoms with Crippen molar-refractivity contribution in [1.82, 2.24) is 10.0 Å². The Bertz CT molecular complexity index is 612. The fraction of sp³-hybridized carbons (Fsp3) is 0.417. The van der Waals surface area contributed by atoms with Crippen LogP contribution in [0.25, 0.3) is 0 Å². The molecule has 0 amide bonds. The van der Waals surface area contributed by atoms with Crippen LogP contribution in [-0.4, -0.2) is 38.6 Å². The monoisotopic (exact) mass is 302 g/mol. The summed E-state index contributed by atoms with van der Waals surface area (Å²) in [6.45, 7) is 1.37. The predicted molar refractivity (Wildman–Crippen MR) is 69.6 cm³/mol. The maximum absolute atomic E-state index is 13.7. The lowest BCUT2D eigenvalue weighted by molar-refractivity contribution is 0.0696. The van der Waals surface area contributed by atoms with Crippen LogP contribution in [-0.2, 0) is 10.0 Å². The summed E-state index contributed by atoms with van der Waals surface area (Å²) in [4.78, 5) is 10.2. The molecule has 1 fully saturated rings. The van der Waals surface area contributed by atoms with Gasteiger partial charge >= 0.3 is 5.97 Å². The van der Waals surface area contributed by atoms with Crippen LogP contribution in [0.5, 0.6) is 0 Å². The molecule has 2 rings (SSSR count). The fourth-order valence-corrected chi connectivity index (χ4v) is 3.47. The normalized spacial score (nSPS) is 17.1. The van der Waals surface area contributed by atoms with E-state index in [4.69, 9.17) is 5.11 Å². The van der Waals surface area contributed by atoms with Gasteiger partial charge in [-0.25, -0.2) is 22.3 Å². The number of carboxylic acid groups (broad SMARTS) is 1. The van der Waals surface area contributed by atoms with Gasteiger partial charge in [-0.1, -0.05) is 0 Å². The van der Waals surface area contributed by atoms with Crippen LogP contribution < -0.4 is 10.0 Å². The zero-order valence-corrected chi connectivity index (χ0v) is 11.4. The van der Waals surface area contributed by atoms with Crippen molar-refractivity contribution >= 4 is 16.0 Å². The Balaban J connectivity index is 2.28. The molecule has 0 bridgehead atoms. The highest BCUT2D eigenvalue weighted by molar-refractivity contribution is 7.89. The minimum absolute atomic E-state index is 0.267. The molecule has 0 saturated carbocycles. The summed E-state index contributed by atoms with van der Waals surface area (Å²) in [5, 5.41) is 11.9. The second-order valence-corrected chi connectivity index (χ2v) is 6.28. The molecule has 1 aromatic rings. The minimum atomic E-state index is -4.06. The van der Waals surface area contributed by atoms with Crippen LogP contribution in [0, 0.1) is 5.82 Å². The molecule has 1 heterocycles. The lowest BCUT2D eigenvalue weighted by Crippen LogP contribution is -2.42. The van der Waals surface area contributed by atoms with Gasteiger partial charge in [0.25, 0.3) is 0 Å². The predicted octanol–water partition coefficient (Wildman–Crippen LogP) is 0.554. The van der Waals surface area contributed by atoms with E-state index in [1.54, 1.807) is 0 Å². The minimum Gasteiger partial charge on any atom is -0.478 e. The van der Waals surface area contributed by atoms with Gasteiger partial charge in [0.05, 0.1) is 5.56 Å². The Kier molecular flexibility index (Phi) is 4.36. The maximum Gasteiger partial charge on any atom is 0.335 e. The highest BCUT2D eigenvalue weighted by Gasteiger charge is 2.25. The summed E-state index contributed by atoms with van der Waals surface area (Å²) in [7, 11) is -4.06. The molecule has 0 unspecified atom stereocenters. The van der Waals surface area contributed by atoms with Gasteiger partial charge in [-0.15, -0.1) is 0 Å². The van der Waals surface area contributed by atoms with Gasteiger partial charge < -0.3 is 10.4 Å². The first kappa shape index (κ1) is 14.9. The van der Waals surface area contributed by atoms with Gasteiger partial charge in [0.1, 0.15) is 10.7 Å². The third kappa shape index (κ3) is 3.33. The van der Waals surface area contributed by atoms with Crippen LogP contribution >= 0.6 is 0 Å². The third-order valence-corrected chi connectivity index (χ3v) is 4.66. The maximum atomic E-state index is 13.7. The summed E-state index contributed by atoms with van der Waals surface area (Å²) in [5.74, 6) is -2.26. The Morgan fingerprint density at radius 1 is 1.35 bits per heavy atom. The van der Waals surface area contributed by atoms with Crippen molar-refractivity contribution in [2.75, 3.05) is 13.1 Å². The second kappa shape index (κ2) is 5.86. The largest absolute Gasteiger partial charge is 0.478 e. The van der Waals surface area contributed by atoms with E-state index in [-0.39, 0.29) is 11.6 Å². The van der Waals surface area contributed by atoms with Crippen molar-refractivity contribution in [3.63, 3.8) is 0 Å². The number of aromatic carboxylic acids is 1. The molecule has 20 heavy (non-hydrogen) atoms. The molecule has 1 saturated heterocycles. The van der Waals surface area contributed by atoms with Gasteiger partial charge in [-0.3, -0.25) is 0 Å². The highest BCUT2D eigenvalue weighted by atomic mass is 32.2. The molecule has 0 spiro atoms. The smallest absolute Gasteiger partial charge is 0.335 e. The number of nitrogens with one attached hydrogen (secondary N) is 2. The molecule has 110 valence electrons. The van der Waals surface area contributed by atoms with Crippen molar-refractivity contribution < 1.29 is 22.7 Å². The molecule has 3 N–H and O–H groups in total. The van der Waals surface area contributed by atoms with Crippen LogP contribution in [0.15, 0.2) is 23.1 Å². The van der Waals surface area contributed by atoms with Crippen LogP contribution in [0.3, 0.4) is 0 Å². The number of benzene rings is 1. The van der Waals surface area contributed by atoms with E-state index in [0.29, 0.717) is 25.9 Å². The zero-order chi connectivity index (χ0) is 14.8. The summed E-state index contributed by atoms with van der Waals surface area (Å²) >= 11 is 0. The van der Waals surface area contributed by atoms with E-state index in [2.05, 4.69) is 10.0 Å². The molecule has 1 aliphatic heterocycles. The second-order valence-electron chi connectivity index (χ2n) is 4.60. The topological polar surface area (TPSA) is 95.5 Å². The Morgan fingerprint density at radius 2 is 2.00 bits per heavy atom. The standard InChI is InChI=1S/C12H15FN2O4S/c13-10-2-1-8(12(16)17)7-11(10)20(18,19)15-9-3-5-14-6-4-9/h1-2,7,9,14-15H,3-6H2,(H,16,17). The fourth-order valence-electron chi connectivity index (χ4n) is 2.07. The molecule has 0 atom stereocenters. The number of piperidine rings is 1. The Morgan fingerprint density at radius 3 is 2.60 bits per heavy atom. The van der Waals surface area contributed by atoms with Crippen molar-refractivity contribution in [2.24, 2.45) is 0 Å². The van der Waals surface area contributed by atoms with Gasteiger partial charge in [0.2, 0.25) is 10.0 Å². The molecule has 1 aliphatic rings. The Labute approximate surface area is 116 Å². The van der Waals surface area contributed by atoms with Crippen molar-refractivity contribution in [2.45, 2.75) is 23.8 Å². The Hall–Kier alpha value is -1.51. The molecule has 1 aromatic carbocycles. The number of rotatable bonds is 4. The number of sulfonamides is 1. The summed E-state index contributed by atoms with van der Waals surface area (Å²) in [5.41, 5.74) is -0.267. The first-order valence-corrected chi connectivity index (χ1v) is 7.64. The lowest BCUT2D eigenvalue weighted by atomic mass is 10.1. The molecule has 0 aliphatic carbocycles. The van der Waals surface area contributed by atoms with Gasteiger partial charge in [-0.2, -0.15) is 0 Å². The van der Waals surface area contributed by atoms with Gasteiger partial charge in [0.15, 0.2) is 0 Å². The van der Waals surface area contributed by atoms with Crippen LogP contribution in [0.4, 0.5) is 4.39 Å². The summed E-state index contributed by atoms with van der Waals surface area (Å²) in [6.07, 6.45) is 1.22. The zero-order valence-electron chi connectivity index (χ0n) is 10.6. The van der Waals surface area contributed by atoms with Gasteiger partial charge in [0, 0.05) is 6.04 Å². The molecule has 8 heteroatoms. The van der Waals surface area contributed by atoms with Crippen molar-refractivity contribution in [3.8, 4) is 0 Å². The van der Waals surface area contributed by atoms with Crippen molar-refractivity contribution in [1.29, 1.82) is 0 Å². The third-order valence-electron chi connectivity index (χ3n) is 3.13.